The molecule has 0 spiro atoms. The van der Waals surface area contributed by atoms with Crippen molar-refractivity contribution in [3.05, 3.63) is 18.0 Å². The van der Waals surface area contributed by atoms with E-state index >= 15 is 0 Å². The summed E-state index contributed by atoms with van der Waals surface area (Å²) in [4.78, 5) is 8.60. The lowest BCUT2D eigenvalue weighted by Crippen LogP contribution is -2.39. The van der Waals surface area contributed by atoms with Crippen LogP contribution in [0.1, 0.15) is 40.2 Å². The molecule has 0 unspecified atom stereocenters. The first-order valence-electron chi connectivity index (χ1n) is 5.55. The molecule has 3 N–H and O–H groups in total. The average molecular weight is 222 g/mol. The number of anilines is 1. The molecule has 0 radical (unpaired) electrons. The van der Waals surface area contributed by atoms with Gasteiger partial charge in [-0.2, -0.15) is 0 Å². The van der Waals surface area contributed by atoms with Crippen molar-refractivity contribution in [2.75, 3.05) is 11.9 Å². The van der Waals surface area contributed by atoms with E-state index in [1.807, 2.05) is 26.2 Å². The van der Waals surface area contributed by atoms with Gasteiger partial charge in [0.15, 0.2) is 0 Å². The Morgan fingerprint density at radius 2 is 1.62 bits per heavy atom. The largest absolute Gasteiger partial charge is 0.348 e. The number of nitrogens with two attached hydrogens (primary N) is 1. The topological polar surface area (TPSA) is 63.8 Å². The van der Waals surface area contributed by atoms with E-state index in [1.54, 1.807) is 0 Å². The van der Waals surface area contributed by atoms with E-state index in [1.165, 1.54) is 0 Å². The third-order valence-electron chi connectivity index (χ3n) is 2.48. The third-order valence-corrected chi connectivity index (χ3v) is 2.48. The van der Waals surface area contributed by atoms with Crippen LogP contribution >= 0.6 is 0 Å². The fraction of sp³-hybridized carbons (Fsp3) is 0.667. The highest BCUT2D eigenvalue weighted by molar-refractivity contribution is 5.30. The van der Waals surface area contributed by atoms with Gasteiger partial charge in [0, 0.05) is 24.5 Å². The van der Waals surface area contributed by atoms with Crippen molar-refractivity contribution >= 4 is 5.95 Å². The van der Waals surface area contributed by atoms with Gasteiger partial charge in [-0.05, 0) is 24.8 Å². The predicted molar refractivity (Wildman–Crippen MR) is 67.5 cm³/mol. The fourth-order valence-corrected chi connectivity index (χ4v) is 1.13. The minimum Gasteiger partial charge on any atom is -0.348 e. The van der Waals surface area contributed by atoms with Crippen LogP contribution in [0.2, 0.25) is 0 Å². The van der Waals surface area contributed by atoms with Crippen molar-refractivity contribution in [2.45, 2.75) is 45.6 Å². The predicted octanol–water partition coefficient (Wildman–Crippen LogP) is 1.92. The molecule has 0 bridgehead atoms. The second-order valence-electron chi connectivity index (χ2n) is 5.76. The zero-order valence-electron chi connectivity index (χ0n) is 10.8. The SMILES string of the molecule is CC(C)(CN)Nc1ncc(C(C)(C)C)cn1. The van der Waals surface area contributed by atoms with Crippen LogP contribution in [-0.2, 0) is 5.41 Å². The molecule has 1 heterocycles. The molecule has 0 aliphatic rings. The normalized spacial score (nSPS) is 12.6. The van der Waals surface area contributed by atoms with E-state index in [2.05, 4.69) is 36.1 Å². The van der Waals surface area contributed by atoms with Gasteiger partial charge in [0.2, 0.25) is 5.95 Å². The number of nitrogens with zero attached hydrogens (tertiary/aromatic N) is 2. The maximum Gasteiger partial charge on any atom is 0.223 e. The second kappa shape index (κ2) is 4.37. The Morgan fingerprint density at radius 3 is 2.00 bits per heavy atom. The first-order valence-corrected chi connectivity index (χ1v) is 5.55. The third kappa shape index (κ3) is 3.45. The first kappa shape index (κ1) is 12.9. The van der Waals surface area contributed by atoms with Crippen molar-refractivity contribution in [3.8, 4) is 0 Å². The van der Waals surface area contributed by atoms with Crippen LogP contribution in [0, 0.1) is 0 Å². The minimum absolute atomic E-state index is 0.0852. The summed E-state index contributed by atoms with van der Waals surface area (Å²) in [6.07, 6.45) is 3.73. The van der Waals surface area contributed by atoms with Crippen molar-refractivity contribution in [1.29, 1.82) is 0 Å². The van der Waals surface area contributed by atoms with E-state index < -0.39 is 0 Å². The van der Waals surface area contributed by atoms with Crippen LogP contribution in [0.25, 0.3) is 0 Å². The van der Waals surface area contributed by atoms with E-state index in [9.17, 15) is 0 Å². The summed E-state index contributed by atoms with van der Waals surface area (Å²) in [6, 6.07) is 0. The van der Waals surface area contributed by atoms with E-state index in [4.69, 9.17) is 5.73 Å². The van der Waals surface area contributed by atoms with Crippen LogP contribution in [0.4, 0.5) is 5.95 Å². The highest BCUT2D eigenvalue weighted by atomic mass is 15.1. The lowest BCUT2D eigenvalue weighted by Gasteiger charge is -2.24. The van der Waals surface area contributed by atoms with Gasteiger partial charge in [-0.1, -0.05) is 20.8 Å². The Morgan fingerprint density at radius 1 is 1.12 bits per heavy atom. The maximum atomic E-state index is 5.64. The van der Waals surface area contributed by atoms with Crippen molar-refractivity contribution in [1.82, 2.24) is 9.97 Å². The van der Waals surface area contributed by atoms with Crippen molar-refractivity contribution in [3.63, 3.8) is 0 Å². The molecule has 0 amide bonds. The van der Waals surface area contributed by atoms with E-state index in [0.29, 0.717) is 12.5 Å². The van der Waals surface area contributed by atoms with Gasteiger partial charge in [0.25, 0.3) is 0 Å². The Labute approximate surface area is 97.7 Å². The molecule has 4 heteroatoms. The second-order valence-corrected chi connectivity index (χ2v) is 5.76. The standard InChI is InChI=1S/C12H22N4/c1-11(2,3)9-6-14-10(15-7-9)16-12(4,5)8-13/h6-7H,8,13H2,1-5H3,(H,14,15,16). The molecule has 1 aromatic rings. The Balaban J connectivity index is 2.80. The molecule has 0 aliphatic heterocycles. The summed E-state index contributed by atoms with van der Waals surface area (Å²) in [6.45, 7) is 11.0. The molecule has 0 aliphatic carbocycles. The lowest BCUT2D eigenvalue weighted by molar-refractivity contribution is 0.568. The number of nitrogens with one attached hydrogen (secondary N) is 1. The molecule has 90 valence electrons. The number of aromatic nitrogens is 2. The molecule has 0 aromatic carbocycles. The Hall–Kier alpha value is -1.16. The first-order chi connectivity index (χ1) is 7.24. The van der Waals surface area contributed by atoms with Gasteiger partial charge in [0.05, 0.1) is 0 Å². The minimum atomic E-state index is -0.177. The smallest absolute Gasteiger partial charge is 0.223 e. The van der Waals surface area contributed by atoms with E-state index in [0.717, 1.165) is 5.56 Å². The van der Waals surface area contributed by atoms with Gasteiger partial charge < -0.3 is 11.1 Å². The van der Waals surface area contributed by atoms with Crippen molar-refractivity contribution < 1.29 is 0 Å². The molecule has 4 nitrogen and oxygen atoms in total. The van der Waals surface area contributed by atoms with Crippen LogP contribution in [0.5, 0.6) is 0 Å². The van der Waals surface area contributed by atoms with Crippen LogP contribution < -0.4 is 11.1 Å². The van der Waals surface area contributed by atoms with Gasteiger partial charge in [-0.3, -0.25) is 0 Å². The molecule has 0 saturated heterocycles. The van der Waals surface area contributed by atoms with Crippen LogP contribution in [0.3, 0.4) is 0 Å². The quantitative estimate of drug-likeness (QED) is 0.820. The molecule has 1 aromatic heterocycles. The molecule has 0 saturated carbocycles. The summed E-state index contributed by atoms with van der Waals surface area (Å²) in [5, 5.41) is 3.20. The molecular weight excluding hydrogens is 200 g/mol. The van der Waals surface area contributed by atoms with E-state index in [-0.39, 0.29) is 11.0 Å². The van der Waals surface area contributed by atoms with Gasteiger partial charge in [-0.15, -0.1) is 0 Å². The highest BCUT2D eigenvalue weighted by Crippen LogP contribution is 2.21. The number of rotatable bonds is 3. The van der Waals surface area contributed by atoms with Crippen LogP contribution in [0.15, 0.2) is 12.4 Å². The maximum absolute atomic E-state index is 5.64. The van der Waals surface area contributed by atoms with Gasteiger partial charge >= 0.3 is 0 Å². The summed E-state index contributed by atoms with van der Waals surface area (Å²) in [7, 11) is 0. The summed E-state index contributed by atoms with van der Waals surface area (Å²) in [5.74, 6) is 0.628. The monoisotopic (exact) mass is 222 g/mol. The number of hydrogen-bond acceptors (Lipinski definition) is 4. The Kier molecular flexibility index (Phi) is 3.53. The number of hydrogen-bond donors (Lipinski definition) is 2. The summed E-state index contributed by atoms with van der Waals surface area (Å²) < 4.78 is 0. The zero-order chi connectivity index (χ0) is 12.4. The summed E-state index contributed by atoms with van der Waals surface area (Å²) in [5.41, 5.74) is 6.67. The molecule has 0 atom stereocenters. The summed E-state index contributed by atoms with van der Waals surface area (Å²) >= 11 is 0. The van der Waals surface area contributed by atoms with Crippen molar-refractivity contribution in [2.24, 2.45) is 5.73 Å². The molecule has 1 rings (SSSR count). The lowest BCUT2D eigenvalue weighted by atomic mass is 9.89. The van der Waals surface area contributed by atoms with Gasteiger partial charge in [-0.25, -0.2) is 9.97 Å². The molecule has 16 heavy (non-hydrogen) atoms. The van der Waals surface area contributed by atoms with Crippen LogP contribution in [-0.4, -0.2) is 22.1 Å². The average Bonchev–Trinajstić information content (AvgIpc) is 2.16. The Bertz CT molecular complexity index is 335. The fourth-order valence-electron chi connectivity index (χ4n) is 1.13. The zero-order valence-corrected chi connectivity index (χ0v) is 10.8. The molecular formula is C12H22N4. The molecule has 0 fully saturated rings. The van der Waals surface area contributed by atoms with Gasteiger partial charge in [0.1, 0.15) is 0 Å². The highest BCUT2D eigenvalue weighted by Gasteiger charge is 2.18.